The molecule has 0 amide bonds. The summed E-state index contributed by atoms with van der Waals surface area (Å²) in [4.78, 5) is 13.8. The van der Waals surface area contributed by atoms with Crippen LogP contribution >= 0.6 is 22.6 Å². The molecule has 0 fully saturated rings. The minimum atomic E-state index is 0.352. The van der Waals surface area contributed by atoms with Gasteiger partial charge in [0.2, 0.25) is 0 Å². The van der Waals surface area contributed by atoms with Gasteiger partial charge in [-0.3, -0.25) is 4.98 Å². The van der Waals surface area contributed by atoms with Gasteiger partial charge in [-0.1, -0.05) is 19.9 Å². The van der Waals surface area contributed by atoms with Gasteiger partial charge in [0.25, 0.3) is 0 Å². The Morgan fingerprint density at radius 2 is 2.05 bits per heavy atom. The number of rotatable bonds is 4. The van der Waals surface area contributed by atoms with E-state index in [1.54, 1.807) is 6.20 Å². The van der Waals surface area contributed by atoms with Gasteiger partial charge in [-0.15, -0.1) is 0 Å². The van der Waals surface area contributed by atoms with Crippen molar-refractivity contribution in [2.75, 3.05) is 11.9 Å². The van der Waals surface area contributed by atoms with E-state index in [0.29, 0.717) is 11.7 Å². The van der Waals surface area contributed by atoms with Crippen molar-refractivity contribution in [2.24, 2.45) is 0 Å². The molecule has 0 unspecified atom stereocenters. The number of hydrogen-bond donors (Lipinski definition) is 1. The van der Waals surface area contributed by atoms with Crippen LogP contribution in [0.25, 0.3) is 11.5 Å². The molecule has 0 aliphatic carbocycles. The molecular weight excluding hydrogens is 363 g/mol. The molecule has 2 aromatic heterocycles. The molecule has 1 N–H and O–H groups in total. The maximum absolute atomic E-state index is 4.72. The molecule has 4 nitrogen and oxygen atoms in total. The number of pyridine rings is 1. The number of aromatic nitrogens is 3. The van der Waals surface area contributed by atoms with Gasteiger partial charge in [-0.05, 0) is 54.0 Å². The molecule has 0 radical (unpaired) electrons. The Balaban J connectivity index is 2.62. The van der Waals surface area contributed by atoms with Crippen LogP contribution in [0.3, 0.4) is 0 Å². The summed E-state index contributed by atoms with van der Waals surface area (Å²) in [5.74, 6) is 1.94. The Hall–Kier alpha value is -1.24. The van der Waals surface area contributed by atoms with Gasteiger partial charge in [0.1, 0.15) is 11.5 Å². The summed E-state index contributed by atoms with van der Waals surface area (Å²) in [7, 11) is 0. The standard InChI is InChI=1S/C15H19IN4/c1-5-17-14-11(16)12(9(2)3)19-15(20-14)13-10(4)7-6-8-18-13/h6-9H,5H2,1-4H3,(H,17,19,20). The van der Waals surface area contributed by atoms with Crippen LogP contribution in [0.5, 0.6) is 0 Å². The Labute approximate surface area is 133 Å². The summed E-state index contributed by atoms with van der Waals surface area (Å²) in [6.07, 6.45) is 1.78. The van der Waals surface area contributed by atoms with Gasteiger partial charge >= 0.3 is 0 Å². The average molecular weight is 382 g/mol. The summed E-state index contributed by atoms with van der Waals surface area (Å²) in [6, 6.07) is 3.96. The van der Waals surface area contributed by atoms with E-state index in [0.717, 1.165) is 32.9 Å². The molecule has 2 rings (SSSR count). The largest absolute Gasteiger partial charge is 0.369 e. The smallest absolute Gasteiger partial charge is 0.180 e. The zero-order valence-electron chi connectivity index (χ0n) is 12.2. The first-order valence-corrected chi connectivity index (χ1v) is 7.85. The van der Waals surface area contributed by atoms with Crippen molar-refractivity contribution in [1.29, 1.82) is 0 Å². The van der Waals surface area contributed by atoms with Crippen LogP contribution in [0.1, 0.15) is 37.9 Å². The van der Waals surface area contributed by atoms with Crippen molar-refractivity contribution in [1.82, 2.24) is 15.0 Å². The lowest BCUT2D eigenvalue weighted by atomic mass is 10.1. The molecule has 2 aromatic rings. The van der Waals surface area contributed by atoms with Gasteiger partial charge in [0, 0.05) is 12.7 Å². The van der Waals surface area contributed by atoms with E-state index in [1.807, 2.05) is 19.1 Å². The van der Waals surface area contributed by atoms with E-state index in [2.05, 4.69) is 58.6 Å². The van der Waals surface area contributed by atoms with Gasteiger partial charge in [0.05, 0.1) is 9.26 Å². The zero-order chi connectivity index (χ0) is 14.7. The fourth-order valence-electron chi connectivity index (χ4n) is 1.96. The third kappa shape index (κ3) is 3.08. The van der Waals surface area contributed by atoms with E-state index in [1.165, 1.54) is 0 Å². The first-order chi connectivity index (χ1) is 9.54. The molecule has 0 aliphatic rings. The highest BCUT2D eigenvalue weighted by molar-refractivity contribution is 14.1. The molecule has 0 spiro atoms. The van der Waals surface area contributed by atoms with E-state index < -0.39 is 0 Å². The molecule has 0 bridgehead atoms. The van der Waals surface area contributed by atoms with E-state index in [9.17, 15) is 0 Å². The summed E-state index contributed by atoms with van der Waals surface area (Å²) in [5, 5.41) is 3.31. The van der Waals surface area contributed by atoms with E-state index in [4.69, 9.17) is 4.98 Å². The minimum absolute atomic E-state index is 0.352. The van der Waals surface area contributed by atoms with Crippen molar-refractivity contribution < 1.29 is 0 Å². The summed E-state index contributed by atoms with van der Waals surface area (Å²) in [5.41, 5.74) is 3.01. The second-order valence-electron chi connectivity index (χ2n) is 4.95. The van der Waals surface area contributed by atoms with E-state index >= 15 is 0 Å². The van der Waals surface area contributed by atoms with Gasteiger partial charge < -0.3 is 5.32 Å². The minimum Gasteiger partial charge on any atom is -0.369 e. The van der Waals surface area contributed by atoms with Crippen molar-refractivity contribution in [3.05, 3.63) is 33.2 Å². The second-order valence-corrected chi connectivity index (χ2v) is 6.03. The van der Waals surface area contributed by atoms with Crippen LogP contribution in [0.15, 0.2) is 18.3 Å². The van der Waals surface area contributed by atoms with Crippen LogP contribution in [0.4, 0.5) is 5.82 Å². The lowest BCUT2D eigenvalue weighted by Gasteiger charge is -2.14. The SMILES string of the molecule is CCNc1nc(-c2ncccc2C)nc(C(C)C)c1I. The predicted octanol–water partition coefficient (Wildman–Crippen LogP) is 4.01. The van der Waals surface area contributed by atoms with E-state index in [-0.39, 0.29) is 0 Å². The molecule has 0 aliphatic heterocycles. The molecule has 0 aromatic carbocycles. The average Bonchev–Trinajstić information content (AvgIpc) is 2.41. The van der Waals surface area contributed by atoms with Crippen LogP contribution in [-0.4, -0.2) is 21.5 Å². The molecule has 0 atom stereocenters. The van der Waals surface area contributed by atoms with Crippen molar-refractivity contribution in [2.45, 2.75) is 33.6 Å². The number of nitrogens with one attached hydrogen (secondary N) is 1. The fraction of sp³-hybridized carbons (Fsp3) is 0.400. The van der Waals surface area contributed by atoms with Gasteiger partial charge in [-0.25, -0.2) is 9.97 Å². The Kier molecular flexibility index (Phi) is 4.91. The van der Waals surface area contributed by atoms with Crippen molar-refractivity contribution in [3.63, 3.8) is 0 Å². The first-order valence-electron chi connectivity index (χ1n) is 6.77. The van der Waals surface area contributed by atoms with Gasteiger partial charge in [0.15, 0.2) is 5.82 Å². The normalized spacial score (nSPS) is 10.9. The summed E-state index contributed by atoms with van der Waals surface area (Å²) in [6.45, 7) is 9.24. The lowest BCUT2D eigenvalue weighted by Crippen LogP contribution is -2.09. The van der Waals surface area contributed by atoms with Gasteiger partial charge in [-0.2, -0.15) is 0 Å². The van der Waals surface area contributed by atoms with Crippen LogP contribution in [0.2, 0.25) is 0 Å². The second kappa shape index (κ2) is 6.47. The lowest BCUT2D eigenvalue weighted by molar-refractivity contribution is 0.807. The predicted molar refractivity (Wildman–Crippen MR) is 91.0 cm³/mol. The fourth-order valence-corrected chi connectivity index (χ4v) is 3.01. The molecule has 20 heavy (non-hydrogen) atoms. The highest BCUT2D eigenvalue weighted by Gasteiger charge is 2.16. The highest BCUT2D eigenvalue weighted by Crippen LogP contribution is 2.28. The Morgan fingerprint density at radius 3 is 2.65 bits per heavy atom. The number of halogens is 1. The van der Waals surface area contributed by atoms with Crippen molar-refractivity contribution >= 4 is 28.4 Å². The maximum atomic E-state index is 4.72. The number of nitrogens with zero attached hydrogens (tertiary/aromatic N) is 3. The molecule has 0 saturated heterocycles. The molecule has 5 heteroatoms. The summed E-state index contributed by atoms with van der Waals surface area (Å²) < 4.78 is 1.09. The topological polar surface area (TPSA) is 50.7 Å². The summed E-state index contributed by atoms with van der Waals surface area (Å²) >= 11 is 2.32. The monoisotopic (exact) mass is 382 g/mol. The van der Waals surface area contributed by atoms with Crippen LogP contribution < -0.4 is 5.32 Å². The Morgan fingerprint density at radius 1 is 1.30 bits per heavy atom. The maximum Gasteiger partial charge on any atom is 0.180 e. The number of anilines is 1. The quantitative estimate of drug-likeness (QED) is 0.812. The molecule has 2 heterocycles. The molecule has 106 valence electrons. The van der Waals surface area contributed by atoms with Crippen LogP contribution in [-0.2, 0) is 0 Å². The molecular formula is C15H19IN4. The third-order valence-corrected chi connectivity index (χ3v) is 4.05. The first kappa shape index (κ1) is 15.2. The zero-order valence-corrected chi connectivity index (χ0v) is 14.4. The Bertz CT molecular complexity index is 611. The third-order valence-electron chi connectivity index (χ3n) is 2.99. The number of hydrogen-bond acceptors (Lipinski definition) is 4. The van der Waals surface area contributed by atoms with Crippen LogP contribution in [0, 0.1) is 10.5 Å². The highest BCUT2D eigenvalue weighted by atomic mass is 127. The van der Waals surface area contributed by atoms with Crippen molar-refractivity contribution in [3.8, 4) is 11.5 Å². The molecule has 0 saturated carbocycles. The number of aryl methyl sites for hydroxylation is 1.